The van der Waals surface area contributed by atoms with Crippen LogP contribution in [0.1, 0.15) is 34.1 Å². The second-order valence-electron chi connectivity index (χ2n) is 4.04. The first kappa shape index (κ1) is 17.2. The smallest absolute Gasteiger partial charge is 0.302 e. The molecule has 3 heteroatoms. The van der Waals surface area contributed by atoms with Gasteiger partial charge in [-0.1, -0.05) is 64.4 Å². The van der Waals surface area contributed by atoms with E-state index in [0.717, 1.165) is 11.3 Å². The number of benzene rings is 1. The molecule has 19 heavy (non-hydrogen) atoms. The Morgan fingerprint density at radius 1 is 1.00 bits per heavy atom. The van der Waals surface area contributed by atoms with Gasteiger partial charge in [0, 0.05) is 20.3 Å². The molecule has 0 aliphatic rings. The maximum absolute atomic E-state index is 11.5. The summed E-state index contributed by atoms with van der Waals surface area (Å²) in [5, 5.41) is 0. The fourth-order valence-corrected chi connectivity index (χ4v) is 1.54. The van der Waals surface area contributed by atoms with E-state index in [1.807, 2.05) is 50.4 Å². The summed E-state index contributed by atoms with van der Waals surface area (Å²) in [6.07, 6.45) is 3.09. The molecule has 0 spiro atoms. The van der Waals surface area contributed by atoms with Gasteiger partial charge in [0.1, 0.15) is 0 Å². The van der Waals surface area contributed by atoms with Crippen LogP contribution in [-0.2, 0) is 14.1 Å². The highest BCUT2D eigenvalue weighted by atomic mass is 16.1. The number of hydrogen-bond acceptors (Lipinski definition) is 1. The molecule has 0 unspecified atom stereocenters. The Balaban J connectivity index is 0.000000573. The van der Waals surface area contributed by atoms with Gasteiger partial charge >= 0.3 is 5.69 Å². The average molecular weight is 262 g/mol. The van der Waals surface area contributed by atoms with Gasteiger partial charge in [-0.15, -0.1) is 0 Å². The zero-order valence-electron chi connectivity index (χ0n) is 13.0. The van der Waals surface area contributed by atoms with Crippen molar-refractivity contribution in [2.45, 2.75) is 34.1 Å². The van der Waals surface area contributed by atoms with E-state index in [9.17, 15) is 4.79 Å². The molecule has 2 rings (SSSR count). The molecule has 0 N–H and O–H groups in total. The lowest BCUT2D eigenvalue weighted by molar-refractivity contribution is 0.778. The first-order valence-corrected chi connectivity index (χ1v) is 6.89. The molecule has 3 nitrogen and oxygen atoms in total. The van der Waals surface area contributed by atoms with Crippen LogP contribution in [0.4, 0.5) is 0 Å². The van der Waals surface area contributed by atoms with Crippen molar-refractivity contribution >= 4 is 0 Å². The molecule has 106 valence electrons. The van der Waals surface area contributed by atoms with Gasteiger partial charge in [-0.3, -0.25) is 4.57 Å². The first-order chi connectivity index (χ1) is 9.11. The lowest BCUT2D eigenvalue weighted by Crippen LogP contribution is -2.19. The average Bonchev–Trinajstić information content (AvgIpc) is 2.71. The molecule has 1 aromatic carbocycles. The van der Waals surface area contributed by atoms with Crippen molar-refractivity contribution in [3.05, 3.63) is 47.0 Å². The molecular weight excluding hydrogens is 236 g/mol. The number of hydrogen-bond donors (Lipinski definition) is 0. The molecule has 0 amide bonds. The summed E-state index contributed by atoms with van der Waals surface area (Å²) in [4.78, 5) is 11.5. The summed E-state index contributed by atoms with van der Waals surface area (Å²) >= 11 is 0. The summed E-state index contributed by atoms with van der Waals surface area (Å²) in [5.41, 5.74) is 2.01. The third kappa shape index (κ3) is 4.78. The van der Waals surface area contributed by atoms with Gasteiger partial charge in [0.05, 0.1) is 5.69 Å². The summed E-state index contributed by atoms with van der Waals surface area (Å²) < 4.78 is 3.23. The van der Waals surface area contributed by atoms with Crippen molar-refractivity contribution in [3.63, 3.8) is 0 Å². The van der Waals surface area contributed by atoms with E-state index in [1.54, 1.807) is 23.2 Å². The minimum Gasteiger partial charge on any atom is -0.302 e. The molecular formula is C16H26N2O. The molecule has 0 saturated heterocycles. The van der Waals surface area contributed by atoms with Crippen LogP contribution in [0, 0.1) is 0 Å². The van der Waals surface area contributed by atoms with Gasteiger partial charge < -0.3 is 4.57 Å². The van der Waals surface area contributed by atoms with Crippen LogP contribution < -0.4 is 5.69 Å². The normalized spacial score (nSPS) is 8.95. The Morgan fingerprint density at radius 3 is 1.84 bits per heavy atom. The van der Waals surface area contributed by atoms with Gasteiger partial charge in [-0.05, 0) is 5.56 Å². The van der Waals surface area contributed by atoms with Crippen molar-refractivity contribution in [2.24, 2.45) is 14.1 Å². The highest BCUT2D eigenvalue weighted by molar-refractivity contribution is 5.58. The number of nitrogens with zero attached hydrogens (tertiary/aromatic N) is 2. The summed E-state index contributed by atoms with van der Waals surface area (Å²) in [5.74, 6) is 0. The highest BCUT2D eigenvalue weighted by Crippen LogP contribution is 2.15. The number of imidazole rings is 1. The zero-order valence-corrected chi connectivity index (χ0v) is 13.0. The van der Waals surface area contributed by atoms with Crippen molar-refractivity contribution in [1.82, 2.24) is 9.13 Å². The van der Waals surface area contributed by atoms with Gasteiger partial charge in [0.2, 0.25) is 0 Å². The zero-order chi connectivity index (χ0) is 14.8. The molecule has 0 atom stereocenters. The molecule has 0 fully saturated rings. The minimum atomic E-state index is 0.00357. The van der Waals surface area contributed by atoms with E-state index in [-0.39, 0.29) is 5.69 Å². The van der Waals surface area contributed by atoms with E-state index >= 15 is 0 Å². The fraction of sp³-hybridized carbons (Fsp3) is 0.438. The quantitative estimate of drug-likeness (QED) is 0.767. The van der Waals surface area contributed by atoms with Gasteiger partial charge in [-0.25, -0.2) is 4.79 Å². The predicted octanol–water partition coefficient (Wildman–Crippen LogP) is 3.83. The third-order valence-electron chi connectivity index (χ3n) is 2.34. The third-order valence-corrected chi connectivity index (χ3v) is 2.34. The van der Waals surface area contributed by atoms with Crippen molar-refractivity contribution in [2.75, 3.05) is 0 Å². The van der Waals surface area contributed by atoms with Crippen molar-refractivity contribution < 1.29 is 0 Å². The standard InChI is InChI=1S/C11H12N2O.C3H8.C2H6/c1-12-8-10(13(2)11(12)14)9-6-4-3-5-7-9;1-3-2;1-2/h3-8H,1-2H3;3H2,1-2H3;1-2H3. The maximum Gasteiger partial charge on any atom is 0.328 e. The van der Waals surface area contributed by atoms with Crippen LogP contribution in [0.25, 0.3) is 11.3 Å². The van der Waals surface area contributed by atoms with E-state index < -0.39 is 0 Å². The number of rotatable bonds is 1. The Labute approximate surface area is 116 Å². The molecule has 1 aromatic heterocycles. The Kier molecular flexibility index (Phi) is 8.34. The van der Waals surface area contributed by atoms with E-state index in [0.29, 0.717) is 0 Å². The van der Waals surface area contributed by atoms with Crippen molar-refractivity contribution in [3.8, 4) is 11.3 Å². The van der Waals surface area contributed by atoms with Crippen LogP contribution in [0.5, 0.6) is 0 Å². The van der Waals surface area contributed by atoms with Gasteiger partial charge in [0.15, 0.2) is 0 Å². The molecule has 0 saturated carbocycles. The second-order valence-corrected chi connectivity index (χ2v) is 4.04. The monoisotopic (exact) mass is 262 g/mol. The minimum absolute atomic E-state index is 0.00357. The van der Waals surface area contributed by atoms with E-state index in [2.05, 4.69) is 13.8 Å². The van der Waals surface area contributed by atoms with Crippen LogP contribution in [-0.4, -0.2) is 9.13 Å². The van der Waals surface area contributed by atoms with E-state index in [4.69, 9.17) is 0 Å². The predicted molar refractivity (Wildman–Crippen MR) is 83.4 cm³/mol. The van der Waals surface area contributed by atoms with Crippen LogP contribution >= 0.6 is 0 Å². The Morgan fingerprint density at radius 2 is 1.47 bits per heavy atom. The maximum atomic E-state index is 11.5. The lowest BCUT2D eigenvalue weighted by atomic mass is 10.2. The molecule has 2 aromatic rings. The largest absolute Gasteiger partial charge is 0.328 e. The van der Waals surface area contributed by atoms with Crippen LogP contribution in [0.15, 0.2) is 41.3 Å². The summed E-state index contributed by atoms with van der Waals surface area (Å²) in [7, 11) is 3.54. The number of aryl methyl sites for hydroxylation is 1. The summed E-state index contributed by atoms with van der Waals surface area (Å²) in [6.45, 7) is 8.25. The topological polar surface area (TPSA) is 26.9 Å². The Bertz CT molecular complexity index is 509. The molecule has 1 heterocycles. The fourth-order valence-electron chi connectivity index (χ4n) is 1.54. The molecule has 0 aliphatic heterocycles. The van der Waals surface area contributed by atoms with Crippen molar-refractivity contribution in [1.29, 1.82) is 0 Å². The van der Waals surface area contributed by atoms with Crippen LogP contribution in [0.3, 0.4) is 0 Å². The molecule has 0 radical (unpaired) electrons. The second kappa shape index (κ2) is 9.20. The van der Waals surface area contributed by atoms with E-state index in [1.165, 1.54) is 6.42 Å². The number of aromatic nitrogens is 2. The molecule has 0 aliphatic carbocycles. The van der Waals surface area contributed by atoms with Gasteiger partial charge in [-0.2, -0.15) is 0 Å². The summed E-state index contributed by atoms with van der Waals surface area (Å²) in [6, 6.07) is 9.88. The Hall–Kier alpha value is -1.77. The first-order valence-electron chi connectivity index (χ1n) is 6.89. The SMILES string of the molecule is CC.CCC.Cn1cc(-c2ccccc2)n(C)c1=O. The highest BCUT2D eigenvalue weighted by Gasteiger charge is 2.06. The lowest BCUT2D eigenvalue weighted by Gasteiger charge is -1.99. The molecule has 0 bridgehead atoms. The van der Waals surface area contributed by atoms with Gasteiger partial charge in [0.25, 0.3) is 0 Å². The van der Waals surface area contributed by atoms with Crippen LogP contribution in [0.2, 0.25) is 0 Å².